The van der Waals surface area contributed by atoms with E-state index in [0.29, 0.717) is 0 Å². The van der Waals surface area contributed by atoms with E-state index in [-0.39, 0.29) is 24.9 Å². The minimum Gasteiger partial charge on any atom is -0.383 e. The molecule has 0 spiro atoms. The van der Waals surface area contributed by atoms with E-state index < -0.39 is 6.04 Å². The van der Waals surface area contributed by atoms with E-state index in [2.05, 4.69) is 5.32 Å². The fraction of sp³-hybridized carbons (Fsp3) is 0.364. The number of rotatable bonds is 4. The molecule has 1 aromatic carbocycles. The van der Waals surface area contributed by atoms with Crippen molar-refractivity contribution in [3.8, 4) is 0 Å². The standard InChI is InChI=1S/C11H16N2O2.ClH/c1-8-3-5-9(6-4-8)13-11(14)10(12)7-15-2;/h3-6,10H,7,12H2,1-2H3,(H,13,14);1H. The van der Waals surface area contributed by atoms with Crippen LogP contribution >= 0.6 is 12.4 Å². The summed E-state index contributed by atoms with van der Waals surface area (Å²) < 4.78 is 4.80. The van der Waals surface area contributed by atoms with E-state index in [1.165, 1.54) is 7.11 Å². The Hall–Kier alpha value is -1.10. The van der Waals surface area contributed by atoms with Crippen molar-refractivity contribution < 1.29 is 9.53 Å². The highest BCUT2D eigenvalue weighted by molar-refractivity contribution is 5.94. The van der Waals surface area contributed by atoms with Crippen LogP contribution in [-0.2, 0) is 9.53 Å². The number of hydrogen-bond acceptors (Lipinski definition) is 3. The lowest BCUT2D eigenvalue weighted by molar-refractivity contribution is -0.118. The Morgan fingerprint density at radius 3 is 2.50 bits per heavy atom. The lowest BCUT2D eigenvalue weighted by Gasteiger charge is -2.11. The molecule has 1 unspecified atom stereocenters. The molecular formula is C11H17ClN2O2. The summed E-state index contributed by atoms with van der Waals surface area (Å²) in [6.07, 6.45) is 0. The first-order chi connectivity index (χ1) is 7.13. The molecule has 0 saturated carbocycles. The molecule has 1 atom stereocenters. The van der Waals surface area contributed by atoms with E-state index in [9.17, 15) is 4.79 Å². The number of carbonyl (C=O) groups is 1. The summed E-state index contributed by atoms with van der Waals surface area (Å²) >= 11 is 0. The van der Waals surface area contributed by atoms with Gasteiger partial charge in [0, 0.05) is 12.8 Å². The summed E-state index contributed by atoms with van der Waals surface area (Å²) in [6.45, 7) is 2.21. The lowest BCUT2D eigenvalue weighted by Crippen LogP contribution is -2.39. The van der Waals surface area contributed by atoms with Crippen molar-refractivity contribution in [3.05, 3.63) is 29.8 Å². The van der Waals surface area contributed by atoms with Crippen LogP contribution in [0, 0.1) is 6.92 Å². The molecule has 0 aliphatic rings. The number of benzene rings is 1. The highest BCUT2D eigenvalue weighted by Crippen LogP contribution is 2.08. The number of amides is 1. The van der Waals surface area contributed by atoms with Crippen molar-refractivity contribution in [1.29, 1.82) is 0 Å². The maximum atomic E-state index is 11.5. The van der Waals surface area contributed by atoms with Gasteiger partial charge in [0.2, 0.25) is 5.91 Å². The number of halogens is 1. The number of aryl methyl sites for hydroxylation is 1. The van der Waals surface area contributed by atoms with Crippen molar-refractivity contribution >= 4 is 24.0 Å². The second-order valence-corrected chi connectivity index (χ2v) is 3.42. The van der Waals surface area contributed by atoms with E-state index in [1.54, 1.807) is 0 Å². The molecule has 4 nitrogen and oxygen atoms in total. The van der Waals surface area contributed by atoms with Crippen LogP contribution in [0.2, 0.25) is 0 Å². The van der Waals surface area contributed by atoms with Crippen LogP contribution < -0.4 is 11.1 Å². The molecule has 0 heterocycles. The number of methoxy groups -OCH3 is 1. The molecule has 16 heavy (non-hydrogen) atoms. The Labute approximate surface area is 102 Å². The van der Waals surface area contributed by atoms with Gasteiger partial charge >= 0.3 is 0 Å². The van der Waals surface area contributed by atoms with Crippen LogP contribution in [-0.4, -0.2) is 25.7 Å². The minimum absolute atomic E-state index is 0. The number of carbonyl (C=O) groups excluding carboxylic acids is 1. The zero-order valence-electron chi connectivity index (χ0n) is 9.40. The average molecular weight is 245 g/mol. The van der Waals surface area contributed by atoms with Crippen molar-refractivity contribution in [3.63, 3.8) is 0 Å². The molecule has 1 amide bonds. The van der Waals surface area contributed by atoms with Crippen molar-refractivity contribution in [2.75, 3.05) is 19.0 Å². The zero-order chi connectivity index (χ0) is 11.3. The molecule has 0 aliphatic carbocycles. The molecule has 0 bridgehead atoms. The highest BCUT2D eigenvalue weighted by Gasteiger charge is 2.12. The van der Waals surface area contributed by atoms with Gasteiger partial charge in [-0.3, -0.25) is 4.79 Å². The van der Waals surface area contributed by atoms with E-state index >= 15 is 0 Å². The van der Waals surface area contributed by atoms with Gasteiger partial charge in [0.25, 0.3) is 0 Å². The van der Waals surface area contributed by atoms with Gasteiger partial charge in [-0.2, -0.15) is 0 Å². The summed E-state index contributed by atoms with van der Waals surface area (Å²) in [5.41, 5.74) is 7.46. The Balaban J connectivity index is 0.00000225. The van der Waals surface area contributed by atoms with Gasteiger partial charge in [0.1, 0.15) is 6.04 Å². The van der Waals surface area contributed by atoms with Crippen LogP contribution in [0.4, 0.5) is 5.69 Å². The second kappa shape index (κ2) is 7.22. The number of nitrogens with two attached hydrogens (primary N) is 1. The molecule has 1 rings (SSSR count). The molecule has 3 N–H and O–H groups in total. The first kappa shape index (κ1) is 14.9. The first-order valence-electron chi connectivity index (χ1n) is 4.75. The smallest absolute Gasteiger partial charge is 0.243 e. The van der Waals surface area contributed by atoms with Crippen molar-refractivity contribution in [1.82, 2.24) is 0 Å². The third-order valence-electron chi connectivity index (χ3n) is 2.00. The predicted octanol–water partition coefficient (Wildman–Crippen LogP) is 1.33. The van der Waals surface area contributed by atoms with Crippen molar-refractivity contribution in [2.24, 2.45) is 5.73 Å². The van der Waals surface area contributed by atoms with Crippen LogP contribution in [0.3, 0.4) is 0 Å². The van der Waals surface area contributed by atoms with E-state index in [4.69, 9.17) is 10.5 Å². The van der Waals surface area contributed by atoms with E-state index in [1.807, 2.05) is 31.2 Å². The summed E-state index contributed by atoms with van der Waals surface area (Å²) in [6, 6.07) is 6.91. The number of ether oxygens (including phenoxy) is 1. The highest BCUT2D eigenvalue weighted by atomic mass is 35.5. The SMILES string of the molecule is COCC(N)C(=O)Nc1ccc(C)cc1.Cl. The Bertz CT molecular complexity index is 327. The molecule has 0 aromatic heterocycles. The molecule has 0 radical (unpaired) electrons. The molecule has 1 aromatic rings. The van der Waals surface area contributed by atoms with Gasteiger partial charge in [0.15, 0.2) is 0 Å². The average Bonchev–Trinajstić information content (AvgIpc) is 2.22. The molecule has 0 aliphatic heterocycles. The summed E-state index contributed by atoms with van der Waals surface area (Å²) in [7, 11) is 1.51. The fourth-order valence-electron chi connectivity index (χ4n) is 1.13. The van der Waals surface area contributed by atoms with Crippen LogP contribution in [0.15, 0.2) is 24.3 Å². The second-order valence-electron chi connectivity index (χ2n) is 3.42. The van der Waals surface area contributed by atoms with Crippen LogP contribution in [0.1, 0.15) is 5.56 Å². The molecule has 90 valence electrons. The Morgan fingerprint density at radius 2 is 2.00 bits per heavy atom. The van der Waals surface area contributed by atoms with Gasteiger partial charge in [0.05, 0.1) is 6.61 Å². The molecule has 5 heteroatoms. The van der Waals surface area contributed by atoms with E-state index in [0.717, 1.165) is 11.3 Å². The zero-order valence-corrected chi connectivity index (χ0v) is 10.2. The van der Waals surface area contributed by atoms with Gasteiger partial charge in [-0.1, -0.05) is 17.7 Å². The van der Waals surface area contributed by atoms with Gasteiger partial charge < -0.3 is 15.8 Å². The van der Waals surface area contributed by atoms with Gasteiger partial charge in [-0.25, -0.2) is 0 Å². The molecular weight excluding hydrogens is 228 g/mol. The largest absolute Gasteiger partial charge is 0.383 e. The monoisotopic (exact) mass is 244 g/mol. The lowest BCUT2D eigenvalue weighted by atomic mass is 10.2. The Kier molecular flexibility index (Phi) is 6.72. The molecule has 0 saturated heterocycles. The normalized spacial score (nSPS) is 11.4. The number of anilines is 1. The van der Waals surface area contributed by atoms with Crippen LogP contribution in [0.5, 0.6) is 0 Å². The van der Waals surface area contributed by atoms with Gasteiger partial charge in [-0.05, 0) is 19.1 Å². The predicted molar refractivity (Wildman–Crippen MR) is 66.9 cm³/mol. The fourth-order valence-corrected chi connectivity index (χ4v) is 1.13. The summed E-state index contributed by atoms with van der Waals surface area (Å²) in [5.74, 6) is -0.235. The Morgan fingerprint density at radius 1 is 1.44 bits per heavy atom. The van der Waals surface area contributed by atoms with Crippen LogP contribution in [0.25, 0.3) is 0 Å². The van der Waals surface area contributed by atoms with Gasteiger partial charge in [-0.15, -0.1) is 12.4 Å². The summed E-state index contributed by atoms with van der Waals surface area (Å²) in [5, 5.41) is 2.71. The third-order valence-corrected chi connectivity index (χ3v) is 2.00. The van der Waals surface area contributed by atoms with Crippen molar-refractivity contribution in [2.45, 2.75) is 13.0 Å². The maximum Gasteiger partial charge on any atom is 0.243 e. The number of hydrogen-bond donors (Lipinski definition) is 2. The molecule has 0 fully saturated rings. The maximum absolute atomic E-state index is 11.5. The minimum atomic E-state index is -0.628. The third kappa shape index (κ3) is 4.61. The first-order valence-corrected chi connectivity index (χ1v) is 4.75. The topological polar surface area (TPSA) is 64.3 Å². The number of nitrogens with one attached hydrogen (secondary N) is 1. The quantitative estimate of drug-likeness (QED) is 0.840. The summed E-state index contributed by atoms with van der Waals surface area (Å²) in [4.78, 5) is 11.5.